The molecule has 3 fully saturated rings. The lowest BCUT2D eigenvalue weighted by Gasteiger charge is -2.42. The number of aryl methyl sites for hydroxylation is 2. The van der Waals surface area contributed by atoms with Crippen molar-refractivity contribution in [1.82, 2.24) is 39.0 Å². The first-order valence-corrected chi connectivity index (χ1v) is 25.8. The summed E-state index contributed by atoms with van der Waals surface area (Å²) >= 11 is 0. The van der Waals surface area contributed by atoms with Crippen LogP contribution < -0.4 is 21.1 Å². The minimum Gasteiger partial charge on any atom is -0.386 e. The summed E-state index contributed by atoms with van der Waals surface area (Å²) in [5, 5.41) is 5.85. The van der Waals surface area contributed by atoms with Crippen LogP contribution in [0.3, 0.4) is 0 Å². The second-order valence-corrected chi connectivity index (χ2v) is 21.4. The van der Waals surface area contributed by atoms with Crippen LogP contribution in [0.5, 0.6) is 0 Å². The van der Waals surface area contributed by atoms with Gasteiger partial charge in [-0.05, 0) is 119 Å². The Morgan fingerprint density at radius 1 is 0.932 bits per heavy atom. The Morgan fingerprint density at radius 2 is 1.71 bits per heavy atom. The minimum absolute atomic E-state index is 0.0469. The number of fused-ring (bicyclic) bond motifs is 2. The summed E-state index contributed by atoms with van der Waals surface area (Å²) in [4.78, 5) is 80.6. The lowest BCUT2D eigenvalue weighted by atomic mass is 9.85. The molecule has 2 N–H and O–H groups in total. The second kappa shape index (κ2) is 19.7. The third-order valence-corrected chi connectivity index (χ3v) is 16.5. The SMILES string of the molecule is CNc1cc(=O)n(-c2ccnc3c2cc([C@H](C)N2CC=C(c4c(C)cc(C(=O)N5CCC(CN6CCN(Cc7ccc8c(c7)C(C)(C)C(=O)N8[C@@H]7CCC(=O)NC7=O)C[C@@H]6C)CC5)cc4F)CC2)n3C)cc1F. The van der Waals surface area contributed by atoms with Crippen LogP contribution in [0.15, 0.2) is 71.8 Å². The van der Waals surface area contributed by atoms with Gasteiger partial charge in [-0.15, -0.1) is 0 Å². The summed E-state index contributed by atoms with van der Waals surface area (Å²) in [5.74, 6) is -1.44. The van der Waals surface area contributed by atoms with Crippen molar-refractivity contribution in [3.05, 3.63) is 123 Å². The zero-order valence-corrected chi connectivity index (χ0v) is 42.9. The molecule has 0 radical (unpaired) electrons. The molecule has 3 atom stereocenters. The fraction of sp³-hybridized carbons (Fsp3) is 0.464. The summed E-state index contributed by atoms with van der Waals surface area (Å²) in [6.07, 6.45) is 7.83. The van der Waals surface area contributed by atoms with E-state index in [2.05, 4.69) is 62.4 Å². The molecule has 17 heteroatoms. The van der Waals surface area contributed by atoms with Gasteiger partial charge in [-0.25, -0.2) is 13.8 Å². The number of halogens is 2. The van der Waals surface area contributed by atoms with E-state index in [1.165, 1.54) is 22.9 Å². The van der Waals surface area contributed by atoms with Gasteiger partial charge in [0.25, 0.3) is 11.5 Å². The Kier molecular flexibility index (Phi) is 13.5. The first-order chi connectivity index (χ1) is 34.9. The first-order valence-electron chi connectivity index (χ1n) is 25.8. The van der Waals surface area contributed by atoms with E-state index in [0.29, 0.717) is 73.4 Å². The molecule has 15 nitrogen and oxygen atoms in total. The number of piperazine rings is 1. The summed E-state index contributed by atoms with van der Waals surface area (Å²) in [5.41, 5.74) is 6.57. The van der Waals surface area contributed by atoms with Gasteiger partial charge in [-0.3, -0.25) is 53.5 Å². The Bertz CT molecular complexity index is 3110. The van der Waals surface area contributed by atoms with E-state index in [4.69, 9.17) is 0 Å². The van der Waals surface area contributed by atoms with E-state index in [9.17, 15) is 28.4 Å². The highest BCUT2D eigenvalue weighted by molar-refractivity contribution is 6.13. The number of aromatic nitrogens is 3. The number of benzene rings is 2. The molecule has 0 saturated carbocycles. The zero-order valence-electron chi connectivity index (χ0n) is 42.9. The maximum Gasteiger partial charge on any atom is 0.257 e. The molecule has 4 amide bonds. The molecule has 0 unspecified atom stereocenters. The van der Waals surface area contributed by atoms with Crippen LogP contribution in [0.4, 0.5) is 20.2 Å². The normalized spacial score (nSPS) is 21.7. The van der Waals surface area contributed by atoms with Crippen molar-refractivity contribution >= 4 is 51.6 Å². The number of rotatable bonds is 11. The van der Waals surface area contributed by atoms with Gasteiger partial charge < -0.3 is 14.8 Å². The highest BCUT2D eigenvalue weighted by Gasteiger charge is 2.49. The number of carbonyl (C=O) groups is 4. The number of nitrogens with zero attached hydrogens (tertiary/aromatic N) is 8. The molecule has 0 spiro atoms. The quantitative estimate of drug-likeness (QED) is 0.137. The van der Waals surface area contributed by atoms with Crippen molar-refractivity contribution in [3.63, 3.8) is 0 Å². The summed E-state index contributed by atoms with van der Waals surface area (Å²) in [7, 11) is 3.51. The molecule has 5 aromatic rings. The van der Waals surface area contributed by atoms with E-state index in [1.54, 1.807) is 24.2 Å². The maximum absolute atomic E-state index is 16.2. The van der Waals surface area contributed by atoms with Crippen molar-refractivity contribution in [3.8, 4) is 5.69 Å². The maximum atomic E-state index is 16.2. The van der Waals surface area contributed by atoms with Gasteiger partial charge in [0, 0.05) is 132 Å². The van der Waals surface area contributed by atoms with E-state index in [1.807, 2.05) is 55.5 Å². The highest BCUT2D eigenvalue weighted by atomic mass is 19.1. The van der Waals surface area contributed by atoms with Crippen LogP contribution in [0.2, 0.25) is 0 Å². The fourth-order valence-corrected chi connectivity index (χ4v) is 12.2. The number of piperidine rings is 2. The third kappa shape index (κ3) is 9.28. The highest BCUT2D eigenvalue weighted by Crippen LogP contribution is 2.44. The van der Waals surface area contributed by atoms with Gasteiger partial charge >= 0.3 is 0 Å². The smallest absolute Gasteiger partial charge is 0.257 e. The number of carbonyl (C=O) groups excluding carboxylic acids is 4. The van der Waals surface area contributed by atoms with Gasteiger partial charge in [0.05, 0.1) is 23.0 Å². The first kappa shape index (κ1) is 50.0. The predicted octanol–water partition coefficient (Wildman–Crippen LogP) is 6.69. The van der Waals surface area contributed by atoms with Crippen molar-refractivity contribution in [2.24, 2.45) is 13.0 Å². The van der Waals surface area contributed by atoms with Crippen LogP contribution in [-0.2, 0) is 33.4 Å². The molecule has 384 valence electrons. The molecule has 0 bridgehead atoms. The van der Waals surface area contributed by atoms with E-state index in [-0.39, 0.29) is 47.2 Å². The summed E-state index contributed by atoms with van der Waals surface area (Å²) in [6.45, 7) is 17.1. The van der Waals surface area contributed by atoms with Gasteiger partial charge in [-0.2, -0.15) is 0 Å². The van der Waals surface area contributed by atoms with Gasteiger partial charge in [0.1, 0.15) is 17.5 Å². The Labute approximate surface area is 424 Å². The average Bonchev–Trinajstić information content (AvgIpc) is 3.81. The molecule has 5 aliphatic heterocycles. The zero-order chi connectivity index (χ0) is 51.6. The molecule has 73 heavy (non-hydrogen) atoms. The van der Waals surface area contributed by atoms with Crippen molar-refractivity contribution in [2.45, 2.75) is 96.8 Å². The molecule has 3 saturated heterocycles. The van der Waals surface area contributed by atoms with Crippen LogP contribution >= 0.6 is 0 Å². The standard InChI is InChI=1S/C56H66F2N10O5/c1-33-24-39(26-42(57)51(33)38-15-20-64(21-16-38)35(3)48-27-40-45(12-17-60-52(40)62(48)7)67-32-43(58)44(59-6)28-50(67)70)54(72)65-18-13-36(14-19-65)31-66-23-22-63(29-34(66)2)30-37-8-9-46-41(25-37)56(4,5)55(73)68(46)47-10-11-49(69)61-53(47)71/h8-9,12,15,17,24-28,32,34-36,47,59H,10-11,13-14,16,18-23,29-31H2,1-7H3,(H,61,69,71)/t34-,35-,47+/m0/s1. The molecular formula is C56H66F2N10O5. The van der Waals surface area contributed by atoms with Crippen molar-refractivity contribution in [1.29, 1.82) is 0 Å². The molecule has 3 aromatic heterocycles. The van der Waals surface area contributed by atoms with Crippen molar-refractivity contribution < 1.29 is 28.0 Å². The van der Waals surface area contributed by atoms with Crippen LogP contribution in [-0.4, -0.2) is 129 Å². The Hall–Kier alpha value is -6.56. The van der Waals surface area contributed by atoms with Gasteiger partial charge in [-0.1, -0.05) is 18.2 Å². The number of likely N-dealkylation sites (tertiary alicyclic amines) is 1. The van der Waals surface area contributed by atoms with Crippen molar-refractivity contribution in [2.75, 3.05) is 69.6 Å². The Balaban J connectivity index is 0.719. The number of pyridine rings is 2. The monoisotopic (exact) mass is 997 g/mol. The lowest BCUT2D eigenvalue weighted by molar-refractivity contribution is -0.136. The van der Waals surface area contributed by atoms with Crippen LogP contribution in [0, 0.1) is 24.5 Å². The van der Waals surface area contributed by atoms with E-state index in [0.717, 1.165) is 84.6 Å². The van der Waals surface area contributed by atoms with Gasteiger partial charge in [0.2, 0.25) is 17.7 Å². The van der Waals surface area contributed by atoms with Gasteiger partial charge in [0.15, 0.2) is 5.82 Å². The average molecular weight is 997 g/mol. The number of anilines is 2. The fourth-order valence-electron chi connectivity index (χ4n) is 12.2. The molecule has 10 rings (SSSR count). The number of nitrogens with one attached hydrogen (secondary N) is 2. The van der Waals surface area contributed by atoms with Crippen LogP contribution in [0.1, 0.15) is 104 Å². The summed E-state index contributed by atoms with van der Waals surface area (Å²) in [6, 6.07) is 14.0. The minimum atomic E-state index is -0.788. The molecule has 2 aromatic carbocycles. The second-order valence-electron chi connectivity index (χ2n) is 21.4. The number of imide groups is 1. The number of amides is 4. The lowest BCUT2D eigenvalue weighted by Crippen LogP contribution is -2.55. The van der Waals surface area contributed by atoms with E-state index < -0.39 is 23.2 Å². The number of hydrogen-bond donors (Lipinski definition) is 2. The predicted molar refractivity (Wildman–Crippen MR) is 278 cm³/mol. The third-order valence-electron chi connectivity index (χ3n) is 16.5. The summed E-state index contributed by atoms with van der Waals surface area (Å²) < 4.78 is 34.3. The Morgan fingerprint density at radius 3 is 2.41 bits per heavy atom. The topological polar surface area (TPSA) is 148 Å². The number of hydrogen-bond acceptors (Lipinski definition) is 10. The molecule has 8 heterocycles. The van der Waals surface area contributed by atoms with E-state index >= 15 is 4.39 Å². The van der Waals surface area contributed by atoms with Crippen LogP contribution in [0.25, 0.3) is 22.3 Å². The molecular weight excluding hydrogens is 931 g/mol. The molecule has 5 aliphatic rings. The molecule has 0 aliphatic carbocycles. The largest absolute Gasteiger partial charge is 0.386 e.